The molecule has 13 heteroatoms. The van der Waals surface area contributed by atoms with Crippen molar-refractivity contribution in [3.8, 4) is 0 Å². The highest BCUT2D eigenvalue weighted by Gasteiger charge is 2.41. The number of hydrogen-bond acceptors (Lipinski definition) is 9. The number of anilines is 1. The first kappa shape index (κ1) is 28.1. The van der Waals surface area contributed by atoms with Gasteiger partial charge in [0.1, 0.15) is 18.1 Å². The normalized spacial score (nSPS) is 24.6. The number of nitrogen functional groups attached to an aromatic ring is 1. The van der Waals surface area contributed by atoms with Crippen LogP contribution in [0.2, 0.25) is 5.02 Å². The first-order valence-electron chi connectivity index (χ1n) is 12.8. The van der Waals surface area contributed by atoms with Crippen LogP contribution in [0.4, 0.5) is 5.69 Å². The number of morpholine rings is 1. The number of nitrogens with one attached hydrogen (secondary N) is 2. The Morgan fingerprint density at radius 3 is 2.74 bits per heavy atom. The number of carbonyl (C=O) groups excluding carboxylic acids is 4. The zero-order chi connectivity index (χ0) is 27.2. The fraction of sp³-hybridized carbons (Fsp3) is 0.600. The van der Waals surface area contributed by atoms with Crippen molar-refractivity contribution in [2.45, 2.75) is 50.6 Å². The summed E-state index contributed by atoms with van der Waals surface area (Å²) in [4.78, 5) is 54.5. The van der Waals surface area contributed by atoms with Crippen LogP contribution in [-0.2, 0) is 28.6 Å². The highest BCUT2D eigenvalue weighted by atomic mass is 35.5. The van der Waals surface area contributed by atoms with E-state index >= 15 is 0 Å². The first-order chi connectivity index (χ1) is 18.2. The topological polar surface area (TPSA) is 153 Å². The summed E-state index contributed by atoms with van der Waals surface area (Å²) in [7, 11) is 0. The average Bonchev–Trinajstić information content (AvgIpc) is 3.52. The molecular formula is C25H34ClN5O7. The maximum Gasteiger partial charge on any atom is 0.310 e. The van der Waals surface area contributed by atoms with Gasteiger partial charge in [-0.05, 0) is 38.0 Å². The Balaban J connectivity index is 1.30. The summed E-state index contributed by atoms with van der Waals surface area (Å²) in [5.41, 5.74) is 6.30. The van der Waals surface area contributed by atoms with E-state index in [0.29, 0.717) is 51.4 Å². The summed E-state index contributed by atoms with van der Waals surface area (Å²) in [5, 5.41) is 5.74. The molecule has 0 aliphatic carbocycles. The van der Waals surface area contributed by atoms with Crippen LogP contribution in [0.15, 0.2) is 18.2 Å². The molecule has 4 N–H and O–H groups in total. The Labute approximate surface area is 226 Å². The third-order valence-electron chi connectivity index (χ3n) is 6.90. The number of esters is 1. The molecule has 0 saturated carbocycles. The number of halogens is 1. The van der Waals surface area contributed by atoms with Crippen LogP contribution in [-0.4, -0.2) is 104 Å². The van der Waals surface area contributed by atoms with E-state index in [0.717, 1.165) is 13.1 Å². The van der Waals surface area contributed by atoms with E-state index in [-0.39, 0.29) is 28.8 Å². The number of benzene rings is 1. The third kappa shape index (κ3) is 6.93. The number of likely N-dealkylation sites (tertiary alicyclic amines) is 1. The van der Waals surface area contributed by atoms with E-state index in [1.54, 1.807) is 6.92 Å². The highest BCUT2D eigenvalue weighted by Crippen LogP contribution is 2.22. The van der Waals surface area contributed by atoms with E-state index in [4.69, 9.17) is 31.5 Å². The van der Waals surface area contributed by atoms with E-state index in [1.807, 2.05) is 0 Å². The van der Waals surface area contributed by atoms with Crippen molar-refractivity contribution in [2.75, 3.05) is 51.7 Å². The van der Waals surface area contributed by atoms with Crippen LogP contribution in [0.1, 0.15) is 36.5 Å². The molecule has 0 aromatic heterocycles. The zero-order valence-electron chi connectivity index (χ0n) is 21.3. The number of carbonyl (C=O) groups is 4. The number of rotatable bonds is 9. The molecule has 3 amide bonds. The minimum absolute atomic E-state index is 0.00869. The number of ether oxygens (including phenoxy) is 3. The minimum Gasteiger partial charge on any atom is -0.433 e. The van der Waals surface area contributed by atoms with Gasteiger partial charge in [0.05, 0.1) is 37.0 Å². The lowest BCUT2D eigenvalue weighted by Crippen LogP contribution is -2.54. The fourth-order valence-corrected chi connectivity index (χ4v) is 4.95. The molecule has 208 valence electrons. The molecule has 4 atom stereocenters. The molecule has 3 heterocycles. The van der Waals surface area contributed by atoms with Gasteiger partial charge in [0.15, 0.2) is 0 Å². The summed E-state index contributed by atoms with van der Waals surface area (Å²) in [6.45, 7) is 5.91. The molecular weight excluding hydrogens is 518 g/mol. The molecule has 12 nitrogen and oxygen atoms in total. The molecule has 0 spiro atoms. The van der Waals surface area contributed by atoms with Gasteiger partial charge < -0.3 is 35.5 Å². The van der Waals surface area contributed by atoms with Crippen molar-refractivity contribution >= 4 is 41.0 Å². The van der Waals surface area contributed by atoms with Crippen molar-refractivity contribution in [1.29, 1.82) is 0 Å². The van der Waals surface area contributed by atoms with Crippen molar-refractivity contribution < 1.29 is 33.4 Å². The zero-order valence-corrected chi connectivity index (χ0v) is 22.1. The molecule has 0 bridgehead atoms. The predicted molar refractivity (Wildman–Crippen MR) is 137 cm³/mol. The Bertz CT molecular complexity index is 1050. The first-order valence-corrected chi connectivity index (χ1v) is 13.2. The smallest absolute Gasteiger partial charge is 0.310 e. The van der Waals surface area contributed by atoms with E-state index in [9.17, 15) is 19.2 Å². The number of cyclic esters (lactones) is 1. The van der Waals surface area contributed by atoms with Crippen LogP contribution in [0, 0.1) is 0 Å². The van der Waals surface area contributed by atoms with Gasteiger partial charge in [-0.25, -0.2) is 0 Å². The van der Waals surface area contributed by atoms with Gasteiger partial charge >= 0.3 is 5.97 Å². The second-order valence-electron chi connectivity index (χ2n) is 9.62. The standard InChI is InChI=1S/C25H34ClN5O7/c1-15(28-22(33)16-4-5-18(27)17(26)13-16)24(35)31-6-2-3-20(31)23(34)29-19-14-21(32)38-25(19)37-12-9-30-7-10-36-11-8-30/h4-5,13,15,19-20,25H,2-3,6-12,14,27H2,1H3,(H,28,33)(H,29,34)/t15-,19-,20?,25?/m0/s1. The van der Waals surface area contributed by atoms with Crippen LogP contribution in [0.5, 0.6) is 0 Å². The van der Waals surface area contributed by atoms with Gasteiger partial charge in [0.25, 0.3) is 5.91 Å². The molecule has 3 saturated heterocycles. The Morgan fingerprint density at radius 2 is 2.00 bits per heavy atom. The van der Waals surface area contributed by atoms with Crippen LogP contribution >= 0.6 is 11.6 Å². The summed E-state index contributed by atoms with van der Waals surface area (Å²) in [5.74, 6) is -1.70. The van der Waals surface area contributed by atoms with Crippen molar-refractivity contribution in [1.82, 2.24) is 20.4 Å². The van der Waals surface area contributed by atoms with Gasteiger partial charge in [-0.3, -0.25) is 24.1 Å². The summed E-state index contributed by atoms with van der Waals surface area (Å²) >= 11 is 6.00. The largest absolute Gasteiger partial charge is 0.433 e. The Kier molecular flexibility index (Phi) is 9.42. The summed E-state index contributed by atoms with van der Waals surface area (Å²) in [6.07, 6.45) is 0.210. The van der Waals surface area contributed by atoms with Gasteiger partial charge in [0, 0.05) is 31.7 Å². The number of amides is 3. The van der Waals surface area contributed by atoms with Crippen molar-refractivity contribution in [2.24, 2.45) is 0 Å². The van der Waals surface area contributed by atoms with E-state index in [1.165, 1.54) is 23.1 Å². The van der Waals surface area contributed by atoms with Gasteiger partial charge in [-0.2, -0.15) is 0 Å². The molecule has 1 aromatic carbocycles. The van der Waals surface area contributed by atoms with E-state index < -0.39 is 36.3 Å². The lowest BCUT2D eigenvalue weighted by atomic mass is 10.1. The highest BCUT2D eigenvalue weighted by molar-refractivity contribution is 6.33. The molecule has 3 fully saturated rings. The fourth-order valence-electron chi connectivity index (χ4n) is 4.77. The minimum atomic E-state index is -0.886. The predicted octanol–water partition coefficient (Wildman–Crippen LogP) is 0.138. The monoisotopic (exact) mass is 551 g/mol. The molecule has 38 heavy (non-hydrogen) atoms. The number of nitrogens with two attached hydrogens (primary N) is 1. The van der Waals surface area contributed by atoms with Crippen molar-refractivity contribution in [3.63, 3.8) is 0 Å². The average molecular weight is 552 g/mol. The van der Waals surface area contributed by atoms with Crippen LogP contribution in [0.3, 0.4) is 0 Å². The summed E-state index contributed by atoms with van der Waals surface area (Å²) in [6, 6.07) is 2.22. The summed E-state index contributed by atoms with van der Waals surface area (Å²) < 4.78 is 16.4. The molecule has 0 radical (unpaired) electrons. The number of nitrogens with zero attached hydrogens (tertiary/aromatic N) is 2. The Morgan fingerprint density at radius 1 is 1.24 bits per heavy atom. The molecule has 3 aliphatic rings. The molecule has 4 rings (SSSR count). The third-order valence-corrected chi connectivity index (χ3v) is 7.23. The van der Waals surface area contributed by atoms with Crippen molar-refractivity contribution in [3.05, 3.63) is 28.8 Å². The maximum absolute atomic E-state index is 13.2. The lowest BCUT2D eigenvalue weighted by molar-refractivity contribution is -0.166. The Hall–Kier alpha value is -2.93. The van der Waals surface area contributed by atoms with Gasteiger partial charge in [0.2, 0.25) is 18.1 Å². The maximum atomic E-state index is 13.2. The quantitative estimate of drug-likeness (QED) is 0.287. The molecule has 3 aliphatic heterocycles. The second kappa shape index (κ2) is 12.7. The van der Waals surface area contributed by atoms with Crippen LogP contribution < -0.4 is 16.4 Å². The molecule has 2 unspecified atom stereocenters. The number of hydrogen-bond donors (Lipinski definition) is 3. The second-order valence-corrected chi connectivity index (χ2v) is 10.0. The van der Waals surface area contributed by atoms with Crippen LogP contribution in [0.25, 0.3) is 0 Å². The molecule has 1 aromatic rings. The lowest BCUT2D eigenvalue weighted by Gasteiger charge is -2.29. The SMILES string of the molecule is C[C@H](NC(=O)c1ccc(N)c(Cl)c1)C(=O)N1CCCC1C(=O)N[C@H]1CC(=O)OC1OCCN1CCOCC1. The van der Waals surface area contributed by atoms with Gasteiger partial charge in [-0.1, -0.05) is 11.6 Å². The van der Waals surface area contributed by atoms with E-state index in [2.05, 4.69) is 15.5 Å². The van der Waals surface area contributed by atoms with Gasteiger partial charge in [-0.15, -0.1) is 0 Å².